The van der Waals surface area contributed by atoms with Crippen LogP contribution in [0, 0.1) is 6.92 Å². The van der Waals surface area contributed by atoms with Gasteiger partial charge in [0.25, 0.3) is 0 Å². The number of fused-ring (bicyclic) bond motifs is 1. The Morgan fingerprint density at radius 1 is 1.03 bits per heavy atom. The van der Waals surface area contributed by atoms with E-state index in [0.717, 1.165) is 16.6 Å². The summed E-state index contributed by atoms with van der Waals surface area (Å²) in [6, 6.07) is 22.2. The van der Waals surface area contributed by atoms with Gasteiger partial charge >= 0.3 is 0 Å². The van der Waals surface area contributed by atoms with Crippen LogP contribution in [0.2, 0.25) is 0 Å². The average molecular weight is 439 g/mol. The number of aromatic nitrogens is 3. The number of hydrogen-bond donors (Lipinski definition) is 0. The van der Waals surface area contributed by atoms with E-state index in [-0.39, 0.29) is 12.4 Å². The number of para-hydroxylation sites is 2. The maximum Gasteiger partial charge on any atom is 0.228 e. The second-order valence-electron chi connectivity index (χ2n) is 7.52. The summed E-state index contributed by atoms with van der Waals surface area (Å²) in [6.07, 6.45) is 1.80. The number of carbonyl (C=O) groups is 1. The maximum atomic E-state index is 12.8. The van der Waals surface area contributed by atoms with E-state index >= 15 is 0 Å². The van der Waals surface area contributed by atoms with E-state index in [0.29, 0.717) is 34.1 Å². The van der Waals surface area contributed by atoms with Gasteiger partial charge in [0.15, 0.2) is 5.76 Å². The SMILES string of the molecule is COc1ccccc1-n1cc(COc2ccc3c(C)c(C(=O)c4ccccc4)oc3c2)nn1. The van der Waals surface area contributed by atoms with Gasteiger partial charge in [-0.05, 0) is 31.2 Å². The molecule has 7 heteroatoms. The van der Waals surface area contributed by atoms with E-state index in [1.165, 1.54) is 0 Å². The maximum absolute atomic E-state index is 12.8. The molecule has 0 N–H and O–H groups in total. The summed E-state index contributed by atoms with van der Waals surface area (Å²) in [5, 5.41) is 9.23. The number of methoxy groups -OCH3 is 1. The molecular formula is C26H21N3O4. The molecule has 2 heterocycles. The van der Waals surface area contributed by atoms with Gasteiger partial charge in [0.1, 0.15) is 35.1 Å². The molecule has 0 fully saturated rings. The minimum atomic E-state index is -0.139. The third kappa shape index (κ3) is 3.96. The number of furan rings is 1. The molecule has 2 aromatic heterocycles. The Bertz CT molecular complexity index is 1440. The molecule has 5 rings (SSSR count). The first-order chi connectivity index (χ1) is 16.1. The lowest BCUT2D eigenvalue weighted by molar-refractivity contribution is 0.101. The van der Waals surface area contributed by atoms with Crippen LogP contribution in [0.25, 0.3) is 16.7 Å². The Hall–Kier alpha value is -4.39. The predicted octanol–water partition coefficient (Wildman–Crippen LogP) is 5.14. The van der Waals surface area contributed by atoms with Gasteiger partial charge in [-0.25, -0.2) is 4.68 Å². The fourth-order valence-corrected chi connectivity index (χ4v) is 3.69. The number of rotatable bonds is 7. The average Bonchev–Trinajstić information content (AvgIpc) is 3.47. The van der Waals surface area contributed by atoms with Gasteiger partial charge in [0.05, 0.1) is 13.3 Å². The zero-order valence-electron chi connectivity index (χ0n) is 18.2. The normalized spacial score (nSPS) is 11.0. The first kappa shape index (κ1) is 20.5. The minimum absolute atomic E-state index is 0.139. The molecule has 33 heavy (non-hydrogen) atoms. The molecule has 7 nitrogen and oxygen atoms in total. The lowest BCUT2D eigenvalue weighted by Crippen LogP contribution is -2.00. The smallest absolute Gasteiger partial charge is 0.228 e. The summed E-state index contributed by atoms with van der Waals surface area (Å²) < 4.78 is 18.9. The zero-order chi connectivity index (χ0) is 22.8. The van der Waals surface area contributed by atoms with Crippen molar-refractivity contribution < 1.29 is 18.7 Å². The van der Waals surface area contributed by atoms with Crippen LogP contribution in [-0.2, 0) is 6.61 Å². The summed E-state index contributed by atoms with van der Waals surface area (Å²) in [7, 11) is 1.62. The van der Waals surface area contributed by atoms with E-state index in [4.69, 9.17) is 13.9 Å². The van der Waals surface area contributed by atoms with Crippen molar-refractivity contribution in [1.82, 2.24) is 15.0 Å². The van der Waals surface area contributed by atoms with Gasteiger partial charge < -0.3 is 13.9 Å². The van der Waals surface area contributed by atoms with Crippen molar-refractivity contribution in [1.29, 1.82) is 0 Å². The highest BCUT2D eigenvalue weighted by atomic mass is 16.5. The van der Waals surface area contributed by atoms with Crippen LogP contribution in [0.5, 0.6) is 11.5 Å². The molecule has 0 amide bonds. The van der Waals surface area contributed by atoms with Crippen molar-refractivity contribution in [2.75, 3.05) is 7.11 Å². The van der Waals surface area contributed by atoms with Crippen molar-refractivity contribution in [3.8, 4) is 17.2 Å². The van der Waals surface area contributed by atoms with E-state index in [1.807, 2.05) is 61.5 Å². The van der Waals surface area contributed by atoms with Gasteiger partial charge in [0.2, 0.25) is 5.78 Å². The molecule has 0 bridgehead atoms. The number of carbonyl (C=O) groups excluding carboxylic acids is 1. The van der Waals surface area contributed by atoms with Crippen LogP contribution < -0.4 is 9.47 Å². The Morgan fingerprint density at radius 3 is 2.64 bits per heavy atom. The van der Waals surface area contributed by atoms with Crippen LogP contribution in [-0.4, -0.2) is 27.9 Å². The highest BCUT2D eigenvalue weighted by Crippen LogP contribution is 2.30. The predicted molar refractivity (Wildman–Crippen MR) is 123 cm³/mol. The van der Waals surface area contributed by atoms with Crippen LogP contribution in [0.15, 0.2) is 83.4 Å². The molecule has 0 spiro atoms. The van der Waals surface area contributed by atoms with Crippen LogP contribution in [0.4, 0.5) is 0 Å². The Balaban J connectivity index is 1.34. The van der Waals surface area contributed by atoms with Crippen LogP contribution in [0.3, 0.4) is 0 Å². The van der Waals surface area contributed by atoms with Gasteiger partial charge in [-0.3, -0.25) is 4.79 Å². The number of aryl methyl sites for hydroxylation is 1. The van der Waals surface area contributed by atoms with E-state index in [9.17, 15) is 4.79 Å². The quantitative estimate of drug-likeness (QED) is 0.327. The molecule has 0 aliphatic heterocycles. The number of nitrogens with zero attached hydrogens (tertiary/aromatic N) is 3. The van der Waals surface area contributed by atoms with Crippen molar-refractivity contribution in [2.45, 2.75) is 13.5 Å². The summed E-state index contributed by atoms with van der Waals surface area (Å²) in [5.74, 6) is 1.52. The second kappa shape index (κ2) is 8.63. The number of ether oxygens (including phenoxy) is 2. The Labute approximate surface area is 190 Å². The van der Waals surface area contributed by atoms with Crippen molar-refractivity contribution in [2.24, 2.45) is 0 Å². The number of benzene rings is 3. The fourth-order valence-electron chi connectivity index (χ4n) is 3.69. The topological polar surface area (TPSA) is 79.4 Å². The summed E-state index contributed by atoms with van der Waals surface area (Å²) in [4.78, 5) is 12.8. The largest absolute Gasteiger partial charge is 0.494 e. The highest BCUT2D eigenvalue weighted by Gasteiger charge is 2.19. The Morgan fingerprint density at radius 2 is 1.82 bits per heavy atom. The fraction of sp³-hybridized carbons (Fsp3) is 0.115. The summed E-state index contributed by atoms with van der Waals surface area (Å²) in [6.45, 7) is 2.12. The molecule has 3 aromatic carbocycles. The first-order valence-corrected chi connectivity index (χ1v) is 10.4. The lowest BCUT2D eigenvalue weighted by atomic mass is 10.0. The third-order valence-electron chi connectivity index (χ3n) is 5.41. The van der Waals surface area contributed by atoms with E-state index in [1.54, 1.807) is 36.2 Å². The monoisotopic (exact) mass is 439 g/mol. The molecule has 0 aliphatic carbocycles. The highest BCUT2D eigenvalue weighted by molar-refractivity contribution is 6.10. The summed E-state index contributed by atoms with van der Waals surface area (Å²) >= 11 is 0. The minimum Gasteiger partial charge on any atom is -0.494 e. The zero-order valence-corrected chi connectivity index (χ0v) is 18.2. The standard InChI is InChI=1S/C26H21N3O4/c1-17-21-13-12-20(14-24(21)33-26(17)25(30)18-8-4-3-5-9-18)32-16-19-15-29(28-27-19)22-10-6-7-11-23(22)31-2/h3-15H,16H2,1-2H3. The summed E-state index contributed by atoms with van der Waals surface area (Å²) in [5.41, 5.74) is 3.46. The van der Waals surface area contributed by atoms with E-state index < -0.39 is 0 Å². The van der Waals surface area contributed by atoms with Gasteiger partial charge in [-0.1, -0.05) is 47.7 Å². The van der Waals surface area contributed by atoms with Gasteiger partial charge in [-0.2, -0.15) is 0 Å². The molecule has 0 saturated heterocycles. The number of ketones is 1. The molecule has 5 aromatic rings. The lowest BCUT2D eigenvalue weighted by Gasteiger charge is -2.06. The molecule has 164 valence electrons. The second-order valence-corrected chi connectivity index (χ2v) is 7.52. The van der Waals surface area contributed by atoms with Crippen molar-refractivity contribution in [3.05, 3.63) is 102 Å². The molecule has 0 atom stereocenters. The molecular weight excluding hydrogens is 418 g/mol. The van der Waals surface area contributed by atoms with E-state index in [2.05, 4.69) is 10.3 Å². The molecule has 0 radical (unpaired) electrons. The van der Waals surface area contributed by atoms with Crippen molar-refractivity contribution in [3.63, 3.8) is 0 Å². The Kier molecular flexibility index (Phi) is 5.36. The van der Waals surface area contributed by atoms with Crippen LogP contribution >= 0.6 is 0 Å². The third-order valence-corrected chi connectivity index (χ3v) is 5.41. The molecule has 0 unspecified atom stereocenters. The van der Waals surface area contributed by atoms with Gasteiger partial charge in [0, 0.05) is 22.6 Å². The first-order valence-electron chi connectivity index (χ1n) is 10.4. The van der Waals surface area contributed by atoms with Crippen molar-refractivity contribution >= 4 is 16.8 Å². The molecule has 0 aliphatic rings. The van der Waals surface area contributed by atoms with Crippen LogP contribution in [0.1, 0.15) is 27.4 Å². The van der Waals surface area contributed by atoms with Gasteiger partial charge in [-0.15, -0.1) is 5.10 Å². The molecule has 0 saturated carbocycles. The number of hydrogen-bond acceptors (Lipinski definition) is 6.